The van der Waals surface area contributed by atoms with Crippen LogP contribution in [0.3, 0.4) is 0 Å². The van der Waals surface area contributed by atoms with Gasteiger partial charge < -0.3 is 5.32 Å². The Morgan fingerprint density at radius 2 is 2.17 bits per heavy atom. The van der Waals surface area contributed by atoms with E-state index in [0.29, 0.717) is 6.04 Å². The molecule has 2 rings (SSSR count). The number of tetrazole rings is 1. The number of nitrogens with one attached hydrogen (secondary N) is 1. The van der Waals surface area contributed by atoms with Gasteiger partial charge in [0.1, 0.15) is 0 Å². The van der Waals surface area contributed by atoms with Gasteiger partial charge in [0.25, 0.3) is 0 Å². The summed E-state index contributed by atoms with van der Waals surface area (Å²) in [6, 6.07) is 0.696. The first kappa shape index (κ1) is 13.5. The summed E-state index contributed by atoms with van der Waals surface area (Å²) < 4.78 is 2.05. The predicted octanol–water partition coefficient (Wildman–Crippen LogP) is 2.48. The van der Waals surface area contributed by atoms with Crippen molar-refractivity contribution in [2.45, 2.75) is 65.0 Å². The first-order valence-corrected chi connectivity index (χ1v) is 7.27. The van der Waals surface area contributed by atoms with E-state index in [-0.39, 0.29) is 6.04 Å². The summed E-state index contributed by atoms with van der Waals surface area (Å²) in [6.45, 7) is 7.54. The fourth-order valence-electron chi connectivity index (χ4n) is 2.38. The molecule has 1 aliphatic rings. The molecule has 0 spiro atoms. The summed E-state index contributed by atoms with van der Waals surface area (Å²) >= 11 is 0. The number of nitrogens with zero attached hydrogens (tertiary/aromatic N) is 4. The highest BCUT2D eigenvalue weighted by molar-refractivity contribution is 4.93. The zero-order valence-electron chi connectivity index (χ0n) is 11.8. The van der Waals surface area contributed by atoms with Crippen LogP contribution >= 0.6 is 0 Å². The van der Waals surface area contributed by atoms with Gasteiger partial charge >= 0.3 is 0 Å². The molecule has 5 nitrogen and oxygen atoms in total. The highest BCUT2D eigenvalue weighted by Gasteiger charge is 2.28. The van der Waals surface area contributed by atoms with Crippen molar-refractivity contribution < 1.29 is 0 Å². The molecule has 1 saturated carbocycles. The van der Waals surface area contributed by atoms with Crippen LogP contribution < -0.4 is 5.32 Å². The maximum absolute atomic E-state index is 4.21. The fourth-order valence-corrected chi connectivity index (χ4v) is 2.38. The molecule has 0 saturated heterocycles. The Morgan fingerprint density at radius 3 is 2.78 bits per heavy atom. The van der Waals surface area contributed by atoms with Crippen molar-refractivity contribution >= 4 is 0 Å². The zero-order chi connectivity index (χ0) is 13.0. The summed E-state index contributed by atoms with van der Waals surface area (Å²) in [7, 11) is 0. The van der Waals surface area contributed by atoms with Crippen molar-refractivity contribution in [2.24, 2.45) is 5.92 Å². The Labute approximate surface area is 109 Å². The van der Waals surface area contributed by atoms with Gasteiger partial charge in [0.2, 0.25) is 0 Å². The minimum absolute atomic E-state index is 0.230. The summed E-state index contributed by atoms with van der Waals surface area (Å²) in [5.41, 5.74) is 0. The molecular formula is C13H25N5. The standard InChI is InChI=1S/C13H25N5/c1-4-8-14-10(3)13-15-16-17-18(13)12(5-2)9-11-6-7-11/h10-12,14H,4-9H2,1-3H3. The van der Waals surface area contributed by atoms with Gasteiger partial charge in [-0.05, 0) is 49.1 Å². The zero-order valence-corrected chi connectivity index (χ0v) is 11.8. The Balaban J connectivity index is 2.04. The monoisotopic (exact) mass is 251 g/mol. The maximum Gasteiger partial charge on any atom is 0.168 e. The Kier molecular flexibility index (Phi) is 4.69. The molecule has 1 aromatic rings. The van der Waals surface area contributed by atoms with Crippen LogP contribution in [0.4, 0.5) is 0 Å². The number of rotatable bonds is 8. The van der Waals surface area contributed by atoms with Crippen molar-refractivity contribution in [3.63, 3.8) is 0 Å². The Morgan fingerprint density at radius 1 is 1.39 bits per heavy atom. The van der Waals surface area contributed by atoms with Crippen LogP contribution in [0.1, 0.15) is 70.8 Å². The number of hydrogen-bond acceptors (Lipinski definition) is 4. The van der Waals surface area contributed by atoms with Crippen molar-refractivity contribution in [3.8, 4) is 0 Å². The average Bonchev–Trinajstić information content (AvgIpc) is 3.07. The normalized spacial score (nSPS) is 18.8. The van der Waals surface area contributed by atoms with E-state index in [0.717, 1.165) is 31.1 Å². The highest BCUT2D eigenvalue weighted by Crippen LogP contribution is 2.38. The second-order valence-electron chi connectivity index (χ2n) is 5.40. The van der Waals surface area contributed by atoms with Crippen LogP contribution in [-0.2, 0) is 0 Å². The van der Waals surface area contributed by atoms with Crippen LogP contribution in [0.2, 0.25) is 0 Å². The number of aromatic nitrogens is 4. The molecular weight excluding hydrogens is 226 g/mol. The van der Waals surface area contributed by atoms with Crippen LogP contribution in [0.25, 0.3) is 0 Å². The van der Waals surface area contributed by atoms with E-state index in [1.807, 2.05) is 4.68 Å². The molecule has 0 bridgehead atoms. The lowest BCUT2D eigenvalue weighted by Gasteiger charge is -2.19. The first-order chi connectivity index (χ1) is 8.76. The molecule has 0 amide bonds. The van der Waals surface area contributed by atoms with Crippen molar-refractivity contribution in [1.29, 1.82) is 0 Å². The quantitative estimate of drug-likeness (QED) is 0.771. The summed E-state index contributed by atoms with van der Waals surface area (Å²) in [4.78, 5) is 0. The molecule has 0 aliphatic heterocycles. The second kappa shape index (κ2) is 6.27. The van der Waals surface area contributed by atoms with E-state index in [1.165, 1.54) is 19.3 Å². The van der Waals surface area contributed by atoms with E-state index in [1.54, 1.807) is 0 Å². The van der Waals surface area contributed by atoms with Crippen LogP contribution in [0.5, 0.6) is 0 Å². The smallest absolute Gasteiger partial charge is 0.168 e. The minimum atomic E-state index is 0.230. The molecule has 1 fully saturated rings. The van der Waals surface area contributed by atoms with E-state index in [9.17, 15) is 0 Å². The first-order valence-electron chi connectivity index (χ1n) is 7.27. The molecule has 1 aromatic heterocycles. The predicted molar refractivity (Wildman–Crippen MR) is 71.2 cm³/mol. The van der Waals surface area contributed by atoms with E-state index < -0.39 is 0 Å². The maximum atomic E-state index is 4.21. The lowest BCUT2D eigenvalue weighted by Crippen LogP contribution is -2.25. The van der Waals surface area contributed by atoms with Crippen molar-refractivity contribution in [3.05, 3.63) is 5.82 Å². The minimum Gasteiger partial charge on any atom is -0.307 e. The molecule has 0 aromatic carbocycles. The SMILES string of the molecule is CCCNC(C)c1nnnn1C(CC)CC1CC1. The summed E-state index contributed by atoms with van der Waals surface area (Å²) in [5, 5.41) is 15.7. The molecule has 0 radical (unpaired) electrons. The van der Waals surface area contributed by atoms with Gasteiger partial charge in [0.15, 0.2) is 5.82 Å². The van der Waals surface area contributed by atoms with Gasteiger partial charge in [-0.1, -0.05) is 26.7 Å². The second-order valence-corrected chi connectivity index (χ2v) is 5.40. The van der Waals surface area contributed by atoms with E-state index in [2.05, 4.69) is 41.6 Å². The third kappa shape index (κ3) is 3.28. The fraction of sp³-hybridized carbons (Fsp3) is 0.923. The largest absolute Gasteiger partial charge is 0.307 e. The van der Waals surface area contributed by atoms with Gasteiger partial charge in [-0.2, -0.15) is 0 Å². The van der Waals surface area contributed by atoms with Crippen molar-refractivity contribution in [1.82, 2.24) is 25.5 Å². The van der Waals surface area contributed by atoms with Crippen molar-refractivity contribution in [2.75, 3.05) is 6.54 Å². The van der Waals surface area contributed by atoms with E-state index in [4.69, 9.17) is 0 Å². The lowest BCUT2D eigenvalue weighted by molar-refractivity contribution is 0.359. The van der Waals surface area contributed by atoms with Gasteiger partial charge in [-0.25, -0.2) is 4.68 Å². The Hall–Kier alpha value is -0.970. The molecule has 2 unspecified atom stereocenters. The molecule has 5 heteroatoms. The topological polar surface area (TPSA) is 55.6 Å². The molecule has 1 heterocycles. The van der Waals surface area contributed by atoms with Crippen LogP contribution in [0, 0.1) is 5.92 Å². The van der Waals surface area contributed by atoms with Gasteiger partial charge in [0.05, 0.1) is 12.1 Å². The van der Waals surface area contributed by atoms with Gasteiger partial charge in [-0.15, -0.1) is 5.10 Å². The highest BCUT2D eigenvalue weighted by atomic mass is 15.6. The van der Waals surface area contributed by atoms with Gasteiger partial charge in [0, 0.05) is 0 Å². The molecule has 1 aliphatic carbocycles. The lowest BCUT2D eigenvalue weighted by atomic mass is 10.1. The van der Waals surface area contributed by atoms with Gasteiger partial charge in [-0.3, -0.25) is 0 Å². The molecule has 1 N–H and O–H groups in total. The Bertz CT molecular complexity index is 358. The molecule has 102 valence electrons. The van der Waals surface area contributed by atoms with E-state index >= 15 is 0 Å². The molecule has 2 atom stereocenters. The third-order valence-electron chi connectivity index (χ3n) is 3.73. The number of hydrogen-bond donors (Lipinski definition) is 1. The third-order valence-corrected chi connectivity index (χ3v) is 3.73. The summed E-state index contributed by atoms with van der Waals surface area (Å²) in [6.07, 6.45) is 6.24. The van der Waals surface area contributed by atoms with Crippen LogP contribution in [0.15, 0.2) is 0 Å². The molecule has 18 heavy (non-hydrogen) atoms. The average molecular weight is 251 g/mol. The van der Waals surface area contributed by atoms with Crippen LogP contribution in [-0.4, -0.2) is 26.8 Å². The summed E-state index contributed by atoms with van der Waals surface area (Å²) in [5.74, 6) is 1.89.